The second-order valence-electron chi connectivity index (χ2n) is 2.11. The Hall–Kier alpha value is 0.390. The van der Waals surface area contributed by atoms with Crippen molar-refractivity contribution in [2.45, 2.75) is 13.8 Å². The van der Waals surface area contributed by atoms with Gasteiger partial charge >= 0.3 is 0 Å². The lowest BCUT2D eigenvalue weighted by molar-refractivity contribution is 0.449. The van der Waals surface area contributed by atoms with Gasteiger partial charge in [-0.2, -0.15) is 0 Å². The zero-order chi connectivity index (χ0) is 6.62. The van der Waals surface area contributed by atoms with Crippen LogP contribution in [-0.4, -0.2) is 26.1 Å². The Morgan fingerprint density at radius 2 is 1.62 bits per heavy atom. The minimum atomic E-state index is -0.912. The fourth-order valence-electron chi connectivity index (χ4n) is 0.482. The third-order valence-corrected chi connectivity index (χ3v) is 5.34. The first-order chi connectivity index (χ1) is 3.68. The zero-order valence-electron chi connectivity index (χ0n) is 6.27. The van der Waals surface area contributed by atoms with E-state index in [9.17, 15) is 0 Å². The predicted molar refractivity (Wildman–Crippen MR) is 40.9 cm³/mol. The highest BCUT2D eigenvalue weighted by Gasteiger charge is 2.25. The fourth-order valence-corrected chi connectivity index (χ4v) is 1.45. The molecular formula is C6H16OP+. The van der Waals surface area contributed by atoms with Crippen molar-refractivity contribution < 1.29 is 4.52 Å². The number of hydrogen-bond acceptors (Lipinski definition) is 1. The van der Waals surface area contributed by atoms with Gasteiger partial charge in [-0.3, -0.25) is 0 Å². The monoisotopic (exact) mass is 135 g/mol. The van der Waals surface area contributed by atoms with Gasteiger partial charge in [-0.1, -0.05) is 0 Å². The van der Waals surface area contributed by atoms with Crippen LogP contribution in [0.1, 0.15) is 13.8 Å². The van der Waals surface area contributed by atoms with E-state index >= 15 is 0 Å². The topological polar surface area (TPSA) is 9.23 Å². The molecule has 0 aromatic carbocycles. The highest BCUT2D eigenvalue weighted by molar-refractivity contribution is 7.70. The summed E-state index contributed by atoms with van der Waals surface area (Å²) in [6, 6.07) is 0. The quantitative estimate of drug-likeness (QED) is 0.539. The second kappa shape index (κ2) is 3.42. The molecule has 0 aliphatic rings. The first kappa shape index (κ1) is 8.39. The summed E-state index contributed by atoms with van der Waals surface area (Å²) in [7, 11) is 0.908. The van der Waals surface area contributed by atoms with Crippen LogP contribution in [0.4, 0.5) is 0 Å². The molecule has 0 N–H and O–H groups in total. The van der Waals surface area contributed by atoms with Gasteiger partial charge in [-0.05, 0) is 13.8 Å². The van der Waals surface area contributed by atoms with Crippen molar-refractivity contribution in [1.29, 1.82) is 0 Å². The van der Waals surface area contributed by atoms with Crippen molar-refractivity contribution in [3.63, 3.8) is 0 Å². The molecule has 50 valence electrons. The third-order valence-electron chi connectivity index (χ3n) is 1.78. The molecule has 0 aromatic heterocycles. The number of rotatable bonds is 3. The second-order valence-corrected chi connectivity index (χ2v) is 6.34. The van der Waals surface area contributed by atoms with Crippen molar-refractivity contribution in [2.75, 3.05) is 26.1 Å². The van der Waals surface area contributed by atoms with Crippen LogP contribution in [0.2, 0.25) is 0 Å². The Balaban J connectivity index is 3.58. The van der Waals surface area contributed by atoms with Gasteiger partial charge in [0.25, 0.3) is 0 Å². The third kappa shape index (κ3) is 2.11. The van der Waals surface area contributed by atoms with E-state index in [4.69, 9.17) is 4.52 Å². The largest absolute Gasteiger partial charge is 0.242 e. The maximum atomic E-state index is 5.35. The van der Waals surface area contributed by atoms with Gasteiger partial charge in [0.15, 0.2) is 0 Å². The lowest BCUT2D eigenvalue weighted by Crippen LogP contribution is -1.98. The zero-order valence-corrected chi connectivity index (χ0v) is 7.16. The van der Waals surface area contributed by atoms with Crippen molar-refractivity contribution >= 4 is 7.49 Å². The molecule has 8 heavy (non-hydrogen) atoms. The van der Waals surface area contributed by atoms with E-state index in [-0.39, 0.29) is 0 Å². The predicted octanol–water partition coefficient (Wildman–Crippen LogP) is 2.24. The van der Waals surface area contributed by atoms with Crippen molar-refractivity contribution in [3.8, 4) is 0 Å². The summed E-state index contributed by atoms with van der Waals surface area (Å²) >= 11 is 0. The van der Waals surface area contributed by atoms with E-state index in [1.165, 1.54) is 12.3 Å². The maximum absolute atomic E-state index is 5.35. The highest BCUT2D eigenvalue weighted by atomic mass is 31.2. The van der Waals surface area contributed by atoms with Gasteiger partial charge in [0.2, 0.25) is 0 Å². The lowest BCUT2D eigenvalue weighted by atomic mass is 11.0. The summed E-state index contributed by atoms with van der Waals surface area (Å²) in [5.74, 6) is 0. The Labute approximate surface area is 52.8 Å². The molecule has 0 spiro atoms. The fraction of sp³-hybridized carbons (Fsp3) is 1.00. The Morgan fingerprint density at radius 1 is 1.25 bits per heavy atom. The maximum Gasteiger partial charge on any atom is 0.141 e. The summed E-state index contributed by atoms with van der Waals surface area (Å²) in [4.78, 5) is 0. The molecule has 0 atom stereocenters. The summed E-state index contributed by atoms with van der Waals surface area (Å²) in [6.07, 6.45) is 2.42. The van der Waals surface area contributed by atoms with Gasteiger partial charge in [-0.25, -0.2) is 4.52 Å². The molecular weight excluding hydrogens is 119 g/mol. The minimum absolute atomic E-state index is 0.912. The SMILES string of the molecule is CC[P+](C)(CC)OC. The van der Waals surface area contributed by atoms with Gasteiger partial charge in [-0.15, -0.1) is 0 Å². The lowest BCUT2D eigenvalue weighted by Gasteiger charge is -2.14. The van der Waals surface area contributed by atoms with Crippen LogP contribution in [0.5, 0.6) is 0 Å². The average Bonchev–Trinajstić information content (AvgIpc) is 1.87. The first-order valence-corrected chi connectivity index (χ1v) is 5.61. The molecule has 0 radical (unpaired) electrons. The van der Waals surface area contributed by atoms with E-state index in [2.05, 4.69) is 20.5 Å². The molecule has 0 saturated heterocycles. The molecule has 0 unspecified atom stereocenters. The van der Waals surface area contributed by atoms with Gasteiger partial charge in [0.1, 0.15) is 7.49 Å². The highest BCUT2D eigenvalue weighted by Crippen LogP contribution is 2.54. The summed E-state index contributed by atoms with van der Waals surface area (Å²) in [5, 5.41) is 0. The molecule has 0 heterocycles. The molecule has 0 saturated carbocycles. The van der Waals surface area contributed by atoms with Crippen LogP contribution in [0, 0.1) is 0 Å². The van der Waals surface area contributed by atoms with Gasteiger partial charge in [0.05, 0.1) is 26.1 Å². The van der Waals surface area contributed by atoms with E-state index in [0.717, 1.165) is 0 Å². The minimum Gasteiger partial charge on any atom is -0.242 e. The molecule has 0 fully saturated rings. The first-order valence-electron chi connectivity index (χ1n) is 3.08. The Kier molecular flexibility index (Phi) is 3.59. The van der Waals surface area contributed by atoms with Crippen LogP contribution in [0.15, 0.2) is 0 Å². The van der Waals surface area contributed by atoms with Crippen molar-refractivity contribution in [1.82, 2.24) is 0 Å². The molecule has 0 aromatic rings. The number of hydrogen-bond donors (Lipinski definition) is 0. The standard InChI is InChI=1S/C6H16OP/c1-5-8(4,6-2)7-3/h5-6H2,1-4H3/q+1. The normalized spacial score (nSPS) is 12.0. The molecule has 0 amide bonds. The average molecular weight is 135 g/mol. The van der Waals surface area contributed by atoms with Crippen molar-refractivity contribution in [3.05, 3.63) is 0 Å². The summed E-state index contributed by atoms with van der Waals surface area (Å²) in [5.41, 5.74) is 0. The smallest absolute Gasteiger partial charge is 0.141 e. The molecule has 0 rings (SSSR count). The van der Waals surface area contributed by atoms with E-state index in [1.807, 2.05) is 7.11 Å². The van der Waals surface area contributed by atoms with E-state index in [0.29, 0.717) is 0 Å². The van der Waals surface area contributed by atoms with Crippen LogP contribution in [0.3, 0.4) is 0 Å². The molecule has 1 nitrogen and oxygen atoms in total. The Morgan fingerprint density at radius 3 is 1.62 bits per heavy atom. The van der Waals surface area contributed by atoms with Crippen LogP contribution in [-0.2, 0) is 4.52 Å². The van der Waals surface area contributed by atoms with Crippen LogP contribution in [0.25, 0.3) is 0 Å². The van der Waals surface area contributed by atoms with Crippen LogP contribution >= 0.6 is 7.49 Å². The molecule has 2 heteroatoms. The van der Waals surface area contributed by atoms with E-state index < -0.39 is 7.49 Å². The van der Waals surface area contributed by atoms with Crippen molar-refractivity contribution in [2.24, 2.45) is 0 Å². The molecule has 0 bridgehead atoms. The summed E-state index contributed by atoms with van der Waals surface area (Å²) < 4.78 is 5.35. The van der Waals surface area contributed by atoms with Gasteiger partial charge < -0.3 is 0 Å². The van der Waals surface area contributed by atoms with Gasteiger partial charge in [0, 0.05) is 0 Å². The molecule has 0 aliphatic heterocycles. The summed E-state index contributed by atoms with van der Waals surface area (Å²) in [6.45, 7) is 6.63. The van der Waals surface area contributed by atoms with Crippen LogP contribution < -0.4 is 0 Å². The molecule has 0 aliphatic carbocycles. The van der Waals surface area contributed by atoms with E-state index in [1.54, 1.807) is 0 Å². The Bertz CT molecular complexity index is 51.3.